The predicted molar refractivity (Wildman–Crippen MR) is 61.2 cm³/mol. The highest BCUT2D eigenvalue weighted by Gasteiger charge is 2.10. The van der Waals surface area contributed by atoms with Crippen LogP contribution in [0.3, 0.4) is 0 Å². The Kier molecular flexibility index (Phi) is 2.47. The molecule has 16 heavy (non-hydrogen) atoms. The summed E-state index contributed by atoms with van der Waals surface area (Å²) in [6.07, 6.45) is 3.76. The zero-order valence-corrected chi connectivity index (χ0v) is 8.97. The summed E-state index contributed by atoms with van der Waals surface area (Å²) in [5.74, 6) is 1.04. The molecule has 5 heteroatoms. The van der Waals surface area contributed by atoms with Crippen LogP contribution in [0.4, 0.5) is 5.82 Å². The van der Waals surface area contributed by atoms with Gasteiger partial charge in [-0.25, -0.2) is 9.99 Å². The van der Waals surface area contributed by atoms with E-state index in [9.17, 15) is 0 Å². The number of aromatic nitrogens is 2. The van der Waals surface area contributed by atoms with Crippen LogP contribution in [0.1, 0.15) is 0 Å². The highest BCUT2D eigenvalue weighted by Crippen LogP contribution is 2.12. The molecule has 1 N–H and O–H groups in total. The Bertz CT molecular complexity index is 476. The van der Waals surface area contributed by atoms with Crippen molar-refractivity contribution in [3.63, 3.8) is 0 Å². The summed E-state index contributed by atoms with van der Waals surface area (Å²) < 4.78 is 7.35. The third-order valence-corrected chi connectivity index (χ3v) is 2.71. The molecule has 0 unspecified atom stereocenters. The molecule has 3 rings (SSSR count). The fourth-order valence-corrected chi connectivity index (χ4v) is 1.88. The van der Waals surface area contributed by atoms with Crippen molar-refractivity contribution in [3.05, 3.63) is 30.6 Å². The maximum absolute atomic E-state index is 5.31. The molecule has 0 radical (unpaired) electrons. The van der Waals surface area contributed by atoms with Crippen molar-refractivity contribution < 1.29 is 4.74 Å². The van der Waals surface area contributed by atoms with E-state index in [1.165, 1.54) is 0 Å². The van der Waals surface area contributed by atoms with Gasteiger partial charge in [-0.2, -0.15) is 0 Å². The molecule has 0 aliphatic carbocycles. The Hall–Kier alpha value is -1.59. The molecule has 0 bridgehead atoms. The first-order chi connectivity index (χ1) is 7.93. The van der Waals surface area contributed by atoms with Gasteiger partial charge >= 0.3 is 0 Å². The van der Waals surface area contributed by atoms with E-state index in [1.807, 2.05) is 28.8 Å². The molecule has 84 valence electrons. The minimum atomic E-state index is 0.785. The number of anilines is 1. The minimum absolute atomic E-state index is 0.785. The van der Waals surface area contributed by atoms with Gasteiger partial charge in [-0.3, -0.25) is 4.40 Å². The Morgan fingerprint density at radius 3 is 3.00 bits per heavy atom. The Balaban J connectivity index is 1.85. The van der Waals surface area contributed by atoms with Gasteiger partial charge in [0.25, 0.3) is 0 Å². The second-order valence-corrected chi connectivity index (χ2v) is 3.78. The molecular formula is C11H14N4O. The van der Waals surface area contributed by atoms with Crippen molar-refractivity contribution in [1.82, 2.24) is 14.4 Å². The van der Waals surface area contributed by atoms with Gasteiger partial charge in [-0.15, -0.1) is 0 Å². The summed E-state index contributed by atoms with van der Waals surface area (Å²) in [5.41, 5.74) is 4.34. The number of pyridine rings is 1. The topological polar surface area (TPSA) is 41.8 Å². The number of hydrogen-bond acceptors (Lipinski definition) is 4. The lowest BCUT2D eigenvalue weighted by atomic mass is 10.4. The summed E-state index contributed by atoms with van der Waals surface area (Å²) in [5, 5.41) is 2.16. The largest absolute Gasteiger partial charge is 0.379 e. The van der Waals surface area contributed by atoms with Gasteiger partial charge in [-0.1, -0.05) is 6.07 Å². The molecule has 0 atom stereocenters. The normalized spacial score (nSPS) is 17.8. The zero-order chi connectivity index (χ0) is 10.8. The Labute approximate surface area is 93.6 Å². The van der Waals surface area contributed by atoms with Crippen molar-refractivity contribution in [2.24, 2.45) is 0 Å². The van der Waals surface area contributed by atoms with Gasteiger partial charge in [0.15, 0.2) is 0 Å². The van der Waals surface area contributed by atoms with Gasteiger partial charge in [0.05, 0.1) is 13.2 Å². The lowest BCUT2D eigenvalue weighted by Gasteiger charge is -2.28. The molecule has 1 aliphatic rings. The predicted octanol–water partition coefficient (Wildman–Crippen LogP) is 0.993. The molecule has 1 saturated heterocycles. The van der Waals surface area contributed by atoms with Crippen molar-refractivity contribution in [3.8, 4) is 0 Å². The maximum atomic E-state index is 5.31. The molecule has 0 saturated carbocycles. The third kappa shape index (κ3) is 1.75. The second kappa shape index (κ2) is 4.11. The summed E-state index contributed by atoms with van der Waals surface area (Å²) in [6, 6.07) is 6.04. The SMILES string of the molecule is c1cc(NN2CCOCC2)n2ccnc2c1. The number of morpholine rings is 1. The molecule has 3 heterocycles. The molecule has 1 fully saturated rings. The molecule has 2 aromatic heterocycles. The first kappa shape index (κ1) is 9.62. The van der Waals surface area contributed by atoms with Crippen molar-refractivity contribution in [1.29, 1.82) is 0 Å². The summed E-state index contributed by atoms with van der Waals surface area (Å²) in [6.45, 7) is 3.38. The van der Waals surface area contributed by atoms with E-state index in [-0.39, 0.29) is 0 Å². The molecule has 0 amide bonds. The number of rotatable bonds is 2. The number of fused-ring (bicyclic) bond motifs is 1. The smallest absolute Gasteiger partial charge is 0.138 e. The standard InChI is InChI=1S/C11H14N4O/c1-2-10-12-4-5-15(10)11(3-1)13-14-6-8-16-9-7-14/h1-5,13H,6-9H2. The van der Waals surface area contributed by atoms with Crippen molar-refractivity contribution in [2.75, 3.05) is 31.7 Å². The molecule has 1 aliphatic heterocycles. The van der Waals surface area contributed by atoms with Crippen LogP contribution in [-0.2, 0) is 4.74 Å². The lowest BCUT2D eigenvalue weighted by Crippen LogP contribution is -2.40. The van der Waals surface area contributed by atoms with E-state index in [1.54, 1.807) is 6.20 Å². The van der Waals surface area contributed by atoms with E-state index >= 15 is 0 Å². The molecule has 2 aromatic rings. The van der Waals surface area contributed by atoms with E-state index < -0.39 is 0 Å². The van der Waals surface area contributed by atoms with Gasteiger partial charge in [0.2, 0.25) is 0 Å². The van der Waals surface area contributed by atoms with Crippen LogP contribution in [-0.4, -0.2) is 40.7 Å². The maximum Gasteiger partial charge on any atom is 0.138 e. The summed E-state index contributed by atoms with van der Waals surface area (Å²) in [4.78, 5) is 4.25. The average Bonchev–Trinajstić information content (AvgIpc) is 2.80. The van der Waals surface area contributed by atoms with E-state index in [0.717, 1.165) is 37.8 Å². The highest BCUT2D eigenvalue weighted by atomic mass is 16.5. The van der Waals surface area contributed by atoms with Crippen molar-refractivity contribution >= 4 is 11.5 Å². The monoisotopic (exact) mass is 218 g/mol. The molecule has 0 aromatic carbocycles. The van der Waals surface area contributed by atoms with Gasteiger partial charge in [-0.05, 0) is 12.1 Å². The number of hydrazine groups is 1. The third-order valence-electron chi connectivity index (χ3n) is 2.71. The first-order valence-electron chi connectivity index (χ1n) is 5.45. The molecule has 0 spiro atoms. The fourth-order valence-electron chi connectivity index (χ4n) is 1.88. The minimum Gasteiger partial charge on any atom is -0.379 e. The molecule has 5 nitrogen and oxygen atoms in total. The number of imidazole rings is 1. The van der Waals surface area contributed by atoms with Crippen molar-refractivity contribution in [2.45, 2.75) is 0 Å². The second-order valence-electron chi connectivity index (χ2n) is 3.78. The van der Waals surface area contributed by atoms with Gasteiger partial charge in [0.1, 0.15) is 11.5 Å². The Morgan fingerprint density at radius 1 is 1.25 bits per heavy atom. The quantitative estimate of drug-likeness (QED) is 0.816. The van der Waals surface area contributed by atoms with Gasteiger partial charge < -0.3 is 10.2 Å². The average molecular weight is 218 g/mol. The fraction of sp³-hybridized carbons (Fsp3) is 0.364. The summed E-state index contributed by atoms with van der Waals surface area (Å²) in [7, 11) is 0. The van der Waals surface area contributed by atoms with Crippen LogP contribution in [0.5, 0.6) is 0 Å². The highest BCUT2D eigenvalue weighted by molar-refractivity contribution is 5.49. The number of hydrogen-bond donors (Lipinski definition) is 1. The van der Waals surface area contributed by atoms with Crippen LogP contribution in [0.15, 0.2) is 30.6 Å². The lowest BCUT2D eigenvalue weighted by molar-refractivity contribution is 0.0494. The van der Waals surface area contributed by atoms with Crippen LogP contribution < -0.4 is 5.43 Å². The molecular weight excluding hydrogens is 204 g/mol. The summed E-state index contributed by atoms with van der Waals surface area (Å²) >= 11 is 0. The first-order valence-corrected chi connectivity index (χ1v) is 5.45. The van der Waals surface area contributed by atoms with E-state index in [2.05, 4.69) is 15.4 Å². The van der Waals surface area contributed by atoms with E-state index in [0.29, 0.717) is 0 Å². The zero-order valence-electron chi connectivity index (χ0n) is 8.97. The number of nitrogens with zero attached hydrogens (tertiary/aromatic N) is 3. The van der Waals surface area contributed by atoms with Crippen LogP contribution in [0, 0.1) is 0 Å². The number of ether oxygens (including phenoxy) is 1. The van der Waals surface area contributed by atoms with Crippen LogP contribution >= 0.6 is 0 Å². The van der Waals surface area contributed by atoms with Crippen LogP contribution in [0.25, 0.3) is 5.65 Å². The van der Waals surface area contributed by atoms with E-state index in [4.69, 9.17) is 4.74 Å². The number of nitrogens with one attached hydrogen (secondary N) is 1. The van der Waals surface area contributed by atoms with Gasteiger partial charge in [0, 0.05) is 25.5 Å². The van der Waals surface area contributed by atoms with Crippen LogP contribution in [0.2, 0.25) is 0 Å². The Morgan fingerprint density at radius 2 is 2.12 bits per heavy atom.